The molecule has 0 bridgehead atoms. The number of fused-ring (bicyclic) bond motifs is 5. The number of amides is 2. The van der Waals surface area contributed by atoms with Gasteiger partial charge in [-0.3, -0.25) is 19.1 Å². The van der Waals surface area contributed by atoms with E-state index in [0.29, 0.717) is 63.0 Å². The molecular formula is C38H45N5O7S. The van der Waals surface area contributed by atoms with Crippen molar-refractivity contribution in [1.29, 1.82) is 0 Å². The number of ether oxygens (including phenoxy) is 2. The van der Waals surface area contributed by atoms with Crippen molar-refractivity contribution >= 4 is 50.7 Å². The Kier molecular flexibility index (Phi) is 10.0. The molecule has 3 aliphatic heterocycles. The molecule has 13 heteroatoms. The third-order valence-electron chi connectivity index (χ3n) is 10.5. The first-order chi connectivity index (χ1) is 24.6. The lowest BCUT2D eigenvalue weighted by molar-refractivity contribution is -0.151. The molecule has 0 atom stereocenters. The highest BCUT2D eigenvalue weighted by molar-refractivity contribution is 7.87. The molecule has 0 spiro atoms. The van der Waals surface area contributed by atoms with Crippen LogP contribution in [0.15, 0.2) is 54.6 Å². The van der Waals surface area contributed by atoms with Crippen LogP contribution >= 0.6 is 0 Å². The van der Waals surface area contributed by atoms with Crippen molar-refractivity contribution in [3.05, 3.63) is 71.3 Å². The van der Waals surface area contributed by atoms with E-state index in [9.17, 15) is 22.8 Å². The maximum atomic E-state index is 14.3. The summed E-state index contributed by atoms with van der Waals surface area (Å²) in [6, 6.07) is 14.2. The second-order valence-corrected chi connectivity index (χ2v) is 15.4. The first-order valence-corrected chi connectivity index (χ1v) is 19.3. The first kappa shape index (κ1) is 35.0. The van der Waals surface area contributed by atoms with Crippen molar-refractivity contribution in [3.63, 3.8) is 0 Å². The SMILES string of the molecule is C=C(NS(=O)(=O)N1CCOCC1)c1ccc2c(C3CCCCC3)c3n(c2c1)CC(C(=O)N1CCN(C(=O)COC(C)=O)CC1)=Cc1ccccc1-3. The quantitative estimate of drug-likeness (QED) is 0.348. The van der Waals surface area contributed by atoms with Gasteiger partial charge in [0.25, 0.3) is 11.8 Å². The third-order valence-corrected chi connectivity index (χ3v) is 12.0. The number of esters is 1. The Hall–Kier alpha value is -4.46. The molecule has 4 aliphatic rings. The van der Waals surface area contributed by atoms with Gasteiger partial charge < -0.3 is 23.8 Å². The summed E-state index contributed by atoms with van der Waals surface area (Å²) in [6.07, 6.45) is 7.71. The molecule has 2 saturated heterocycles. The zero-order valence-electron chi connectivity index (χ0n) is 29.1. The van der Waals surface area contributed by atoms with Crippen LogP contribution in [0.4, 0.5) is 0 Å². The van der Waals surface area contributed by atoms with Gasteiger partial charge in [-0.05, 0) is 42.0 Å². The normalized spacial score (nSPS) is 18.7. The lowest BCUT2D eigenvalue weighted by Crippen LogP contribution is -2.52. The molecule has 0 unspecified atom stereocenters. The number of benzene rings is 2. The highest BCUT2D eigenvalue weighted by Gasteiger charge is 2.33. The van der Waals surface area contributed by atoms with E-state index in [-0.39, 0.29) is 37.2 Å². The molecule has 4 heterocycles. The van der Waals surface area contributed by atoms with E-state index in [0.717, 1.165) is 53.4 Å². The van der Waals surface area contributed by atoms with Crippen LogP contribution in [0.1, 0.15) is 61.6 Å². The Bertz CT molecular complexity index is 2000. The zero-order chi connectivity index (χ0) is 35.7. The standard InChI is InChI=1S/C38H45N5O7S/c1-26(39-51(47,48)42-18-20-49-21-19-42)29-12-13-33-34(23-29)43-24-31(38(46)41-16-14-40(15-17-41)35(45)25-50-27(2)44)22-30-10-6-7-11-32(30)37(43)36(33)28-8-4-3-5-9-28/h6-7,10-13,22-23,28,39H,1,3-5,8-9,14-21,24-25H2,2H3. The number of hydrogen-bond acceptors (Lipinski definition) is 7. The molecule has 2 amide bonds. The molecule has 3 aromatic rings. The minimum atomic E-state index is -3.82. The molecule has 1 saturated carbocycles. The van der Waals surface area contributed by atoms with Gasteiger partial charge in [-0.1, -0.05) is 62.2 Å². The number of piperazine rings is 1. The maximum absolute atomic E-state index is 14.3. The Morgan fingerprint density at radius 1 is 0.941 bits per heavy atom. The van der Waals surface area contributed by atoms with Crippen molar-refractivity contribution in [3.8, 4) is 11.3 Å². The van der Waals surface area contributed by atoms with E-state index in [1.54, 1.807) is 9.80 Å². The van der Waals surface area contributed by atoms with Gasteiger partial charge in [0.2, 0.25) is 0 Å². The molecular weight excluding hydrogens is 671 g/mol. The number of nitrogens with zero attached hydrogens (tertiary/aromatic N) is 4. The van der Waals surface area contributed by atoms with E-state index >= 15 is 0 Å². The van der Waals surface area contributed by atoms with Crippen LogP contribution in [-0.2, 0) is 40.6 Å². The van der Waals surface area contributed by atoms with Gasteiger partial charge >= 0.3 is 16.2 Å². The summed E-state index contributed by atoms with van der Waals surface area (Å²) in [5, 5.41) is 1.10. The van der Waals surface area contributed by atoms with Gasteiger partial charge in [-0.15, -0.1) is 0 Å². The molecule has 1 aromatic heterocycles. The number of hydrogen-bond donors (Lipinski definition) is 1. The Labute approximate surface area is 298 Å². The van der Waals surface area contributed by atoms with Crippen LogP contribution in [0.2, 0.25) is 0 Å². The number of rotatable bonds is 8. The van der Waals surface area contributed by atoms with Crippen LogP contribution < -0.4 is 4.72 Å². The smallest absolute Gasteiger partial charge is 0.303 e. The van der Waals surface area contributed by atoms with Crippen LogP contribution in [-0.4, -0.2) is 104 Å². The summed E-state index contributed by atoms with van der Waals surface area (Å²) in [5.74, 6) is -0.519. The Balaban J connectivity index is 1.24. The topological polar surface area (TPSA) is 130 Å². The van der Waals surface area contributed by atoms with Crippen LogP contribution in [0.25, 0.3) is 33.9 Å². The fourth-order valence-electron chi connectivity index (χ4n) is 7.88. The molecule has 51 heavy (non-hydrogen) atoms. The Morgan fingerprint density at radius 2 is 1.65 bits per heavy atom. The van der Waals surface area contributed by atoms with E-state index < -0.39 is 16.2 Å². The monoisotopic (exact) mass is 715 g/mol. The van der Waals surface area contributed by atoms with Crippen LogP contribution in [0, 0.1) is 0 Å². The van der Waals surface area contributed by atoms with Crippen LogP contribution in [0.5, 0.6) is 0 Å². The van der Waals surface area contributed by atoms with Gasteiger partial charge in [0.1, 0.15) is 0 Å². The van der Waals surface area contributed by atoms with E-state index in [1.165, 1.54) is 23.2 Å². The number of morpholine rings is 1. The summed E-state index contributed by atoms with van der Waals surface area (Å²) in [4.78, 5) is 41.5. The lowest BCUT2D eigenvalue weighted by Gasteiger charge is -2.35. The zero-order valence-corrected chi connectivity index (χ0v) is 29.9. The summed E-state index contributed by atoms with van der Waals surface area (Å²) in [5.41, 5.74) is 6.90. The summed E-state index contributed by atoms with van der Waals surface area (Å²) in [7, 11) is -3.82. The van der Waals surface area contributed by atoms with Gasteiger partial charge in [-0.2, -0.15) is 12.7 Å². The molecule has 1 aliphatic carbocycles. The lowest BCUT2D eigenvalue weighted by atomic mass is 9.81. The van der Waals surface area contributed by atoms with Crippen molar-refractivity contribution < 1.29 is 32.3 Å². The van der Waals surface area contributed by atoms with Gasteiger partial charge in [0, 0.05) is 79.5 Å². The second kappa shape index (κ2) is 14.6. The van der Waals surface area contributed by atoms with Gasteiger partial charge in [0.15, 0.2) is 6.61 Å². The predicted octanol–water partition coefficient (Wildman–Crippen LogP) is 4.12. The van der Waals surface area contributed by atoms with E-state index in [1.807, 2.05) is 30.3 Å². The highest BCUT2D eigenvalue weighted by Crippen LogP contribution is 2.46. The molecule has 3 fully saturated rings. The summed E-state index contributed by atoms with van der Waals surface area (Å²) < 4.78 is 43.0. The molecule has 7 rings (SSSR count). The fraction of sp³-hybridized carbons (Fsp3) is 0.447. The minimum absolute atomic E-state index is 0.0929. The Morgan fingerprint density at radius 3 is 2.37 bits per heavy atom. The van der Waals surface area contributed by atoms with Crippen molar-refractivity contribution in [2.45, 2.75) is 51.5 Å². The largest absolute Gasteiger partial charge is 0.456 e. The second-order valence-electron chi connectivity index (χ2n) is 13.7. The van der Waals surface area contributed by atoms with E-state index in [2.05, 4.69) is 34.1 Å². The third kappa shape index (κ3) is 7.19. The fourth-order valence-corrected chi connectivity index (χ4v) is 9.07. The van der Waals surface area contributed by atoms with Gasteiger partial charge in [0.05, 0.1) is 25.5 Å². The van der Waals surface area contributed by atoms with Gasteiger partial charge in [-0.25, -0.2) is 0 Å². The van der Waals surface area contributed by atoms with Crippen molar-refractivity contribution in [2.75, 3.05) is 59.1 Å². The average Bonchev–Trinajstić information content (AvgIpc) is 3.36. The summed E-state index contributed by atoms with van der Waals surface area (Å²) >= 11 is 0. The maximum Gasteiger partial charge on any atom is 0.303 e. The number of carbonyl (C=O) groups excluding carboxylic acids is 3. The molecule has 2 aromatic carbocycles. The first-order valence-electron chi connectivity index (χ1n) is 17.8. The molecule has 0 radical (unpaired) electrons. The van der Waals surface area contributed by atoms with Crippen molar-refractivity contribution in [1.82, 2.24) is 23.4 Å². The summed E-state index contributed by atoms with van der Waals surface area (Å²) in [6.45, 7) is 8.11. The highest BCUT2D eigenvalue weighted by atomic mass is 32.2. The predicted molar refractivity (Wildman–Crippen MR) is 194 cm³/mol. The molecule has 12 nitrogen and oxygen atoms in total. The number of carbonyl (C=O) groups is 3. The number of nitrogens with one attached hydrogen (secondary N) is 1. The average molecular weight is 716 g/mol. The van der Waals surface area contributed by atoms with Crippen LogP contribution in [0.3, 0.4) is 0 Å². The van der Waals surface area contributed by atoms with Crippen molar-refractivity contribution in [2.24, 2.45) is 0 Å². The van der Waals surface area contributed by atoms with E-state index in [4.69, 9.17) is 9.47 Å². The number of aromatic nitrogens is 1. The minimum Gasteiger partial charge on any atom is -0.456 e. The molecule has 1 N–H and O–H groups in total. The molecule has 270 valence electrons.